The maximum atomic E-state index is 9.39. The number of hydrogen-bond donors (Lipinski definition) is 4. The van der Waals surface area contributed by atoms with E-state index in [1.807, 2.05) is 27.7 Å². The predicted molar refractivity (Wildman–Crippen MR) is 76.6 cm³/mol. The molecule has 0 spiro atoms. The van der Waals surface area contributed by atoms with E-state index in [2.05, 4.69) is 20.6 Å². The second kappa shape index (κ2) is 7.25. The highest BCUT2D eigenvalue weighted by atomic mass is 16.3. The minimum Gasteiger partial charge on any atom is -0.394 e. The van der Waals surface area contributed by atoms with Crippen LogP contribution in [0.2, 0.25) is 0 Å². The van der Waals surface area contributed by atoms with E-state index in [1.54, 1.807) is 0 Å². The molecule has 1 unspecified atom stereocenters. The predicted octanol–water partition coefficient (Wildman–Crippen LogP) is 1.11. The third kappa shape index (κ3) is 4.33. The number of rotatable bonds is 7. The minimum atomic E-state index is -0.792. The Bertz CT molecular complexity index is 410. The summed E-state index contributed by atoms with van der Waals surface area (Å²) in [5.41, 5.74) is 0.913. The molecule has 0 saturated carbocycles. The normalized spacial score (nSPS) is 12.6. The first-order chi connectivity index (χ1) is 8.99. The number of aromatic nitrogens is 2. The zero-order chi connectivity index (χ0) is 14.4. The maximum absolute atomic E-state index is 9.39. The molecule has 0 aliphatic carbocycles. The molecule has 0 aliphatic rings. The molecule has 19 heavy (non-hydrogen) atoms. The van der Waals surface area contributed by atoms with Crippen LogP contribution in [0.15, 0.2) is 0 Å². The van der Waals surface area contributed by atoms with E-state index in [-0.39, 0.29) is 19.1 Å². The van der Waals surface area contributed by atoms with E-state index in [1.165, 1.54) is 0 Å². The Labute approximate surface area is 114 Å². The van der Waals surface area contributed by atoms with Crippen molar-refractivity contribution in [3.05, 3.63) is 11.4 Å². The lowest BCUT2D eigenvalue weighted by Gasteiger charge is -2.17. The summed E-state index contributed by atoms with van der Waals surface area (Å²) in [4.78, 5) is 8.96. The lowest BCUT2D eigenvalue weighted by molar-refractivity contribution is 0.105. The number of anilines is 2. The van der Waals surface area contributed by atoms with Gasteiger partial charge in [0, 0.05) is 24.6 Å². The van der Waals surface area contributed by atoms with Crippen LogP contribution in [0.4, 0.5) is 11.6 Å². The third-order valence-electron chi connectivity index (χ3n) is 2.74. The van der Waals surface area contributed by atoms with Crippen LogP contribution in [0.1, 0.15) is 38.1 Å². The highest BCUT2D eigenvalue weighted by molar-refractivity contribution is 5.57. The van der Waals surface area contributed by atoms with Crippen molar-refractivity contribution in [2.24, 2.45) is 0 Å². The van der Waals surface area contributed by atoms with Gasteiger partial charge in [0.15, 0.2) is 0 Å². The van der Waals surface area contributed by atoms with Crippen molar-refractivity contribution in [2.45, 2.75) is 39.7 Å². The molecule has 6 heteroatoms. The molecule has 0 amide bonds. The standard InChI is InChI=1S/C13H24N4O2/c1-5-14-12-9(4)13(15-6-10(19)7-18)17-11(16-12)8(2)3/h8,10,18-19H,5-7H2,1-4H3,(H2,14,15,16,17). The first-order valence-corrected chi connectivity index (χ1v) is 6.64. The van der Waals surface area contributed by atoms with Crippen molar-refractivity contribution in [1.82, 2.24) is 9.97 Å². The summed E-state index contributed by atoms with van der Waals surface area (Å²) in [6.45, 7) is 8.79. The molecule has 0 saturated heterocycles. The summed E-state index contributed by atoms with van der Waals surface area (Å²) in [6.07, 6.45) is -0.792. The van der Waals surface area contributed by atoms with Crippen LogP contribution in [0.25, 0.3) is 0 Å². The second-order valence-electron chi connectivity index (χ2n) is 4.81. The first-order valence-electron chi connectivity index (χ1n) is 6.64. The van der Waals surface area contributed by atoms with Crippen LogP contribution in [0.5, 0.6) is 0 Å². The van der Waals surface area contributed by atoms with Crippen LogP contribution in [-0.2, 0) is 0 Å². The van der Waals surface area contributed by atoms with Gasteiger partial charge in [0.1, 0.15) is 17.5 Å². The second-order valence-corrected chi connectivity index (χ2v) is 4.81. The summed E-state index contributed by atoms with van der Waals surface area (Å²) >= 11 is 0. The fraction of sp³-hybridized carbons (Fsp3) is 0.692. The van der Waals surface area contributed by atoms with Gasteiger partial charge in [-0.2, -0.15) is 0 Å². The Morgan fingerprint density at radius 2 is 1.74 bits per heavy atom. The van der Waals surface area contributed by atoms with Gasteiger partial charge in [0.05, 0.1) is 12.7 Å². The highest BCUT2D eigenvalue weighted by Crippen LogP contribution is 2.22. The van der Waals surface area contributed by atoms with Crippen LogP contribution in [0.3, 0.4) is 0 Å². The minimum absolute atomic E-state index is 0.223. The molecule has 0 aliphatic heterocycles. The van der Waals surface area contributed by atoms with E-state index >= 15 is 0 Å². The molecular weight excluding hydrogens is 244 g/mol. The van der Waals surface area contributed by atoms with Gasteiger partial charge in [-0.05, 0) is 13.8 Å². The molecule has 1 atom stereocenters. The SMILES string of the molecule is CCNc1nc(C(C)C)nc(NCC(O)CO)c1C. The summed E-state index contributed by atoms with van der Waals surface area (Å²) < 4.78 is 0. The molecule has 1 rings (SSSR count). The number of nitrogens with zero attached hydrogens (tertiary/aromatic N) is 2. The number of aliphatic hydroxyl groups is 2. The van der Waals surface area contributed by atoms with Crippen LogP contribution in [0, 0.1) is 6.92 Å². The van der Waals surface area contributed by atoms with Crippen molar-refractivity contribution in [2.75, 3.05) is 30.3 Å². The van der Waals surface area contributed by atoms with Gasteiger partial charge in [-0.3, -0.25) is 0 Å². The lowest BCUT2D eigenvalue weighted by Crippen LogP contribution is -2.24. The van der Waals surface area contributed by atoms with E-state index in [0.717, 1.165) is 23.8 Å². The smallest absolute Gasteiger partial charge is 0.135 e. The van der Waals surface area contributed by atoms with Crippen molar-refractivity contribution in [1.29, 1.82) is 0 Å². The summed E-state index contributed by atoms with van der Waals surface area (Å²) in [6, 6.07) is 0. The third-order valence-corrected chi connectivity index (χ3v) is 2.74. The average Bonchev–Trinajstić information content (AvgIpc) is 2.39. The van der Waals surface area contributed by atoms with Gasteiger partial charge in [-0.25, -0.2) is 9.97 Å². The average molecular weight is 268 g/mol. The van der Waals surface area contributed by atoms with Gasteiger partial charge >= 0.3 is 0 Å². The zero-order valence-corrected chi connectivity index (χ0v) is 12.1. The molecule has 6 nitrogen and oxygen atoms in total. The summed E-state index contributed by atoms with van der Waals surface area (Å²) in [5, 5.41) is 24.5. The molecule has 4 N–H and O–H groups in total. The first kappa shape index (κ1) is 15.7. The van der Waals surface area contributed by atoms with Gasteiger partial charge in [-0.1, -0.05) is 13.8 Å². The van der Waals surface area contributed by atoms with Crippen molar-refractivity contribution in [3.63, 3.8) is 0 Å². The molecule has 1 aromatic rings. The van der Waals surface area contributed by atoms with E-state index in [9.17, 15) is 5.11 Å². The number of aliphatic hydroxyl groups excluding tert-OH is 2. The Morgan fingerprint density at radius 3 is 2.21 bits per heavy atom. The molecular formula is C13H24N4O2. The molecule has 108 valence electrons. The zero-order valence-electron chi connectivity index (χ0n) is 12.1. The quantitative estimate of drug-likeness (QED) is 0.592. The molecule has 1 heterocycles. The Morgan fingerprint density at radius 1 is 1.16 bits per heavy atom. The van der Waals surface area contributed by atoms with Gasteiger partial charge in [-0.15, -0.1) is 0 Å². The van der Waals surface area contributed by atoms with Crippen LogP contribution in [-0.4, -0.2) is 46.0 Å². The van der Waals surface area contributed by atoms with Crippen LogP contribution < -0.4 is 10.6 Å². The van der Waals surface area contributed by atoms with Gasteiger partial charge < -0.3 is 20.8 Å². The Hall–Kier alpha value is -1.40. The fourth-order valence-electron chi connectivity index (χ4n) is 1.58. The van der Waals surface area contributed by atoms with Crippen molar-refractivity contribution < 1.29 is 10.2 Å². The lowest BCUT2D eigenvalue weighted by atomic mass is 10.2. The number of hydrogen-bond acceptors (Lipinski definition) is 6. The summed E-state index contributed by atoms with van der Waals surface area (Å²) in [7, 11) is 0. The molecule has 0 fully saturated rings. The maximum Gasteiger partial charge on any atom is 0.135 e. The van der Waals surface area contributed by atoms with Crippen LogP contribution >= 0.6 is 0 Å². The van der Waals surface area contributed by atoms with Gasteiger partial charge in [0.25, 0.3) is 0 Å². The molecule has 0 bridgehead atoms. The number of nitrogens with one attached hydrogen (secondary N) is 2. The Balaban J connectivity index is 3.00. The van der Waals surface area contributed by atoms with Gasteiger partial charge in [0.2, 0.25) is 0 Å². The van der Waals surface area contributed by atoms with Crippen molar-refractivity contribution >= 4 is 11.6 Å². The van der Waals surface area contributed by atoms with E-state index < -0.39 is 6.10 Å². The van der Waals surface area contributed by atoms with E-state index in [0.29, 0.717) is 5.82 Å². The van der Waals surface area contributed by atoms with E-state index in [4.69, 9.17) is 5.11 Å². The highest BCUT2D eigenvalue weighted by Gasteiger charge is 2.13. The monoisotopic (exact) mass is 268 g/mol. The summed E-state index contributed by atoms with van der Waals surface area (Å²) in [5.74, 6) is 2.48. The topological polar surface area (TPSA) is 90.3 Å². The molecule has 1 aromatic heterocycles. The fourth-order valence-corrected chi connectivity index (χ4v) is 1.58. The van der Waals surface area contributed by atoms with Crippen molar-refractivity contribution in [3.8, 4) is 0 Å². The molecule has 0 radical (unpaired) electrons. The Kier molecular flexibility index (Phi) is 5.98. The molecule has 0 aromatic carbocycles. The largest absolute Gasteiger partial charge is 0.394 e.